The van der Waals surface area contributed by atoms with Crippen molar-refractivity contribution in [2.45, 2.75) is 13.2 Å². The number of rotatable bonds is 6. The van der Waals surface area contributed by atoms with Crippen LogP contribution < -0.4 is 37.4 Å². The standard InChI is InChI=1S/C53H31N3O8S2/c57-46-33-15-7-8-16-34(33)47(58)39(46)23-32-24-42-50(65-32)37-19-30-22-41-38(20-31(30)21-40(37)55(42)52(61)63-26-28-11-3-1-4-12-28)51-43(56(41)53(62)64-27-29-13-5-2-6-14-29)25-44(66-51)54-45-48(59)35-17-9-10-18-36(35)49(45)60/h1-25,30-31H,26-27H2. The van der Waals surface area contributed by atoms with Crippen molar-refractivity contribution in [1.82, 2.24) is 9.13 Å². The first-order chi connectivity index (χ1) is 32.2. The van der Waals surface area contributed by atoms with E-state index in [4.69, 9.17) is 9.47 Å². The number of nitrogens with zero attached hydrogens (tertiary/aromatic N) is 3. The van der Waals surface area contributed by atoms with Crippen LogP contribution in [0.4, 0.5) is 14.6 Å². The fourth-order valence-electron chi connectivity index (χ4n) is 9.24. The summed E-state index contributed by atoms with van der Waals surface area (Å²) in [4.78, 5) is 87.2. The molecular weight excluding hydrogens is 871 g/mol. The first-order valence-electron chi connectivity index (χ1n) is 21.1. The lowest BCUT2D eigenvalue weighted by molar-refractivity contribution is 0.0990. The van der Waals surface area contributed by atoms with Gasteiger partial charge in [-0.3, -0.25) is 19.2 Å². The number of allylic oxidation sites excluding steroid dienone is 1. The lowest BCUT2D eigenvalue weighted by atomic mass is 9.84. The van der Waals surface area contributed by atoms with Crippen LogP contribution in [0, 0.1) is 11.8 Å². The van der Waals surface area contributed by atoms with Gasteiger partial charge in [0.2, 0.25) is 10.9 Å². The predicted octanol–water partition coefficient (Wildman–Crippen LogP) is 6.61. The zero-order valence-corrected chi connectivity index (χ0v) is 36.1. The monoisotopic (exact) mass is 901 g/mol. The van der Waals surface area contributed by atoms with Crippen molar-refractivity contribution in [3.63, 3.8) is 0 Å². The molecule has 0 fully saturated rings. The summed E-state index contributed by atoms with van der Waals surface area (Å²) in [5, 5.41) is 3.54. The van der Waals surface area contributed by atoms with Crippen molar-refractivity contribution in [2.75, 3.05) is 0 Å². The van der Waals surface area contributed by atoms with E-state index in [-0.39, 0.29) is 47.5 Å². The van der Waals surface area contributed by atoms with Crippen molar-refractivity contribution in [3.05, 3.63) is 201 Å². The molecule has 3 aliphatic rings. The Hall–Kier alpha value is -8.13. The Morgan fingerprint density at radius 1 is 0.576 bits per heavy atom. The fourth-order valence-corrected chi connectivity index (χ4v) is 11.4. The third kappa shape index (κ3) is 6.26. The van der Waals surface area contributed by atoms with E-state index in [0.717, 1.165) is 26.3 Å². The summed E-state index contributed by atoms with van der Waals surface area (Å²) < 4.78 is 16.4. The second-order valence-corrected chi connectivity index (χ2v) is 18.4. The SMILES string of the molecule is O=C1C(=Cc2cc3c(s2)c2c(n3C(=O)OCc3ccccc3)=CC3C=c4c(n(C(=O)OCc5ccccc5)c5cc(N=c6c(=O)c7ccccc7c6=O)sc45)=CC3C=2)C(=O)c2ccccc21. The molecule has 0 spiro atoms. The molecule has 4 heterocycles. The van der Waals surface area contributed by atoms with E-state index in [9.17, 15) is 28.8 Å². The molecule has 11 nitrogen and oxygen atoms in total. The van der Waals surface area contributed by atoms with Gasteiger partial charge in [-0.25, -0.2) is 23.7 Å². The summed E-state index contributed by atoms with van der Waals surface area (Å²) in [6.45, 7) is 0.0647. The molecule has 5 aromatic carbocycles. The molecule has 0 bridgehead atoms. The smallest absolute Gasteiger partial charge is 0.419 e. The molecule has 9 aromatic rings. The average molecular weight is 902 g/mol. The molecule has 13 heteroatoms. The van der Waals surface area contributed by atoms with Gasteiger partial charge in [0.15, 0.2) is 16.9 Å². The van der Waals surface area contributed by atoms with E-state index in [0.29, 0.717) is 58.2 Å². The van der Waals surface area contributed by atoms with Crippen LogP contribution in [0.15, 0.2) is 141 Å². The molecule has 4 aromatic heterocycles. The van der Waals surface area contributed by atoms with E-state index in [1.54, 1.807) is 71.3 Å². The number of Topliss-reactive ketones (excluding diaryl/α,β-unsaturated/α-hetero) is 2. The molecule has 318 valence electrons. The van der Waals surface area contributed by atoms with Gasteiger partial charge in [0, 0.05) is 49.0 Å². The van der Waals surface area contributed by atoms with Gasteiger partial charge in [0.1, 0.15) is 18.2 Å². The van der Waals surface area contributed by atoms with Crippen molar-refractivity contribution < 1.29 is 28.7 Å². The molecular formula is C53H31N3O8S2. The maximum atomic E-state index is 14.3. The van der Waals surface area contributed by atoms with Gasteiger partial charge in [-0.2, -0.15) is 0 Å². The van der Waals surface area contributed by atoms with Gasteiger partial charge in [-0.1, -0.05) is 133 Å². The number of carbonyl (C=O) groups is 4. The summed E-state index contributed by atoms with van der Waals surface area (Å²) in [6.07, 6.45) is 8.56. The molecule has 0 radical (unpaired) electrons. The van der Waals surface area contributed by atoms with Crippen LogP contribution in [-0.4, -0.2) is 32.9 Å². The number of hydrogen-bond acceptors (Lipinski definition) is 11. The Balaban J connectivity index is 1.01. The topological polar surface area (TPSA) is 143 Å². The van der Waals surface area contributed by atoms with Crippen molar-refractivity contribution in [3.8, 4) is 0 Å². The highest BCUT2D eigenvalue weighted by atomic mass is 32.1. The van der Waals surface area contributed by atoms with Crippen molar-refractivity contribution in [2.24, 2.45) is 16.8 Å². The molecule has 12 rings (SSSR count). The number of hydrogen-bond donors (Lipinski definition) is 0. The van der Waals surface area contributed by atoms with Gasteiger partial charge in [-0.05, 0) is 29.3 Å². The van der Waals surface area contributed by atoms with Gasteiger partial charge in [0.05, 0.1) is 36.7 Å². The summed E-state index contributed by atoms with van der Waals surface area (Å²) in [6, 6.07) is 35.6. The number of aromatic nitrogens is 2. The number of ketones is 2. The zero-order chi connectivity index (χ0) is 44.8. The maximum Gasteiger partial charge on any atom is 0.419 e. The van der Waals surface area contributed by atoms with E-state index < -0.39 is 23.0 Å². The number of carbonyl (C=O) groups excluding carboxylic acids is 4. The summed E-state index contributed by atoms with van der Waals surface area (Å²) >= 11 is 2.63. The van der Waals surface area contributed by atoms with E-state index in [1.807, 2.05) is 72.8 Å². The Bertz CT molecular complexity index is 4000. The van der Waals surface area contributed by atoms with Crippen LogP contribution in [0.1, 0.15) is 36.7 Å². The quantitative estimate of drug-likeness (QED) is 0.134. The zero-order valence-electron chi connectivity index (χ0n) is 34.4. The highest BCUT2D eigenvalue weighted by molar-refractivity contribution is 7.22. The largest absolute Gasteiger partial charge is 0.444 e. The molecule has 3 aliphatic carbocycles. The Morgan fingerprint density at radius 2 is 1.05 bits per heavy atom. The predicted molar refractivity (Wildman–Crippen MR) is 254 cm³/mol. The van der Waals surface area contributed by atoms with Crippen LogP contribution in [0.5, 0.6) is 0 Å². The number of benzene rings is 4. The molecule has 0 N–H and O–H groups in total. The van der Waals surface area contributed by atoms with Gasteiger partial charge in [0.25, 0.3) is 0 Å². The van der Waals surface area contributed by atoms with Crippen LogP contribution >= 0.6 is 22.7 Å². The van der Waals surface area contributed by atoms with Crippen LogP contribution in [0.2, 0.25) is 0 Å². The molecule has 0 amide bonds. The lowest BCUT2D eigenvalue weighted by Gasteiger charge is -2.21. The van der Waals surface area contributed by atoms with Gasteiger partial charge >= 0.3 is 12.2 Å². The Morgan fingerprint density at radius 3 is 1.58 bits per heavy atom. The molecule has 0 aliphatic heterocycles. The summed E-state index contributed by atoms with van der Waals surface area (Å²) in [5.74, 6) is -1.25. The second-order valence-electron chi connectivity index (χ2n) is 16.3. The van der Waals surface area contributed by atoms with Crippen LogP contribution in [0.3, 0.4) is 0 Å². The molecule has 0 saturated heterocycles. The van der Waals surface area contributed by atoms with E-state index >= 15 is 0 Å². The van der Waals surface area contributed by atoms with E-state index in [2.05, 4.69) is 17.1 Å². The number of fused-ring (bicyclic) bond motifs is 9. The summed E-state index contributed by atoms with van der Waals surface area (Å²) in [7, 11) is 0. The molecule has 0 saturated carbocycles. The Kier molecular flexibility index (Phi) is 9.12. The first-order valence-corrected chi connectivity index (χ1v) is 22.7. The highest BCUT2D eigenvalue weighted by Crippen LogP contribution is 2.34. The van der Waals surface area contributed by atoms with Crippen LogP contribution in [-0.2, 0) is 22.7 Å². The average Bonchev–Trinajstić information content (AvgIpc) is 4.17. The first kappa shape index (κ1) is 39.5. The molecule has 66 heavy (non-hydrogen) atoms. The normalized spacial score (nSPS) is 15.8. The van der Waals surface area contributed by atoms with Crippen molar-refractivity contribution in [1.29, 1.82) is 0 Å². The maximum absolute atomic E-state index is 14.3. The second kappa shape index (κ2) is 15.3. The highest BCUT2D eigenvalue weighted by Gasteiger charge is 2.34. The fraction of sp³-hybridized carbons (Fsp3) is 0.0755. The number of thiophene rings is 2. The summed E-state index contributed by atoms with van der Waals surface area (Å²) in [5.41, 5.74) is 2.58. The minimum absolute atomic E-state index is 0.0275. The minimum atomic E-state index is -0.616. The third-order valence-electron chi connectivity index (χ3n) is 12.3. The Labute approximate surface area is 380 Å². The van der Waals surface area contributed by atoms with Gasteiger partial charge in [-0.15, -0.1) is 22.7 Å². The van der Waals surface area contributed by atoms with Crippen molar-refractivity contribution >= 4 is 113 Å². The minimum Gasteiger partial charge on any atom is -0.444 e. The molecule has 2 atom stereocenters. The van der Waals surface area contributed by atoms with Crippen LogP contribution in [0.25, 0.3) is 61.6 Å². The molecule has 2 unspecified atom stereocenters. The van der Waals surface area contributed by atoms with Gasteiger partial charge < -0.3 is 9.47 Å². The third-order valence-corrected chi connectivity index (χ3v) is 14.5. The lowest BCUT2D eigenvalue weighted by Crippen LogP contribution is -2.42. The number of ether oxygens (including phenoxy) is 2. The van der Waals surface area contributed by atoms with E-state index in [1.165, 1.54) is 27.2 Å².